The van der Waals surface area contributed by atoms with Crippen LogP contribution in [0.4, 0.5) is 22.0 Å². The van der Waals surface area contributed by atoms with Crippen LogP contribution in [-0.4, -0.2) is 38.0 Å². The van der Waals surface area contributed by atoms with E-state index in [-0.39, 0.29) is 12.2 Å². The smallest absolute Gasteiger partial charge is 0.347 e. The molecule has 1 N–H and O–H groups in total. The van der Waals surface area contributed by atoms with Gasteiger partial charge in [0.1, 0.15) is 17.9 Å². The SMILES string of the molecule is CC(F)(F)c1ccnc(-c2ccn3c(-c4cccc(CC(=O)NCC(F)(F)F)c4)cnc3c2)n1. The molecule has 34 heavy (non-hydrogen) atoms. The van der Waals surface area contributed by atoms with Crippen molar-refractivity contribution in [2.75, 3.05) is 6.54 Å². The minimum absolute atomic E-state index is 0.137. The van der Waals surface area contributed by atoms with Gasteiger partial charge in [-0.1, -0.05) is 18.2 Å². The zero-order valence-electron chi connectivity index (χ0n) is 17.8. The predicted octanol–water partition coefficient (Wildman–Crippen LogP) is 4.79. The highest BCUT2D eigenvalue weighted by Gasteiger charge is 2.28. The van der Waals surface area contributed by atoms with Gasteiger partial charge in [0.15, 0.2) is 5.82 Å². The molecule has 0 fully saturated rings. The maximum Gasteiger partial charge on any atom is 0.405 e. The highest BCUT2D eigenvalue weighted by molar-refractivity contribution is 5.79. The number of hydrogen-bond acceptors (Lipinski definition) is 4. The molecule has 0 radical (unpaired) electrons. The number of rotatable bonds is 6. The summed E-state index contributed by atoms with van der Waals surface area (Å²) >= 11 is 0. The van der Waals surface area contributed by atoms with Gasteiger partial charge in [0, 0.05) is 30.4 Å². The second-order valence-electron chi connectivity index (χ2n) is 7.71. The molecule has 0 unspecified atom stereocenters. The molecule has 0 bridgehead atoms. The zero-order chi connectivity index (χ0) is 24.5. The standard InChI is InChI=1S/C23H18F5N5O/c1-22(24,25)18-5-7-29-21(32-18)16-6-8-33-17(12-30-19(33)11-16)15-4-2-3-14(9-15)10-20(34)31-13-23(26,27)28/h2-9,11-12H,10,13H2,1H3,(H,31,34). The van der Waals surface area contributed by atoms with Crippen LogP contribution in [0.2, 0.25) is 0 Å². The summed E-state index contributed by atoms with van der Waals surface area (Å²) in [4.78, 5) is 24.2. The fourth-order valence-corrected chi connectivity index (χ4v) is 3.36. The van der Waals surface area contributed by atoms with Gasteiger partial charge in [0.25, 0.3) is 5.92 Å². The number of alkyl halides is 5. The van der Waals surface area contributed by atoms with E-state index in [2.05, 4.69) is 15.0 Å². The van der Waals surface area contributed by atoms with Gasteiger partial charge in [-0.2, -0.15) is 22.0 Å². The first-order valence-corrected chi connectivity index (χ1v) is 10.1. The van der Waals surface area contributed by atoms with Crippen LogP contribution >= 0.6 is 0 Å². The summed E-state index contributed by atoms with van der Waals surface area (Å²) in [5, 5.41) is 1.85. The molecule has 0 aliphatic heterocycles. The summed E-state index contributed by atoms with van der Waals surface area (Å²) in [6.07, 6.45) is -0.126. The van der Waals surface area contributed by atoms with Crippen LogP contribution in [0.15, 0.2) is 61.1 Å². The highest BCUT2D eigenvalue weighted by Crippen LogP contribution is 2.28. The Hall–Kier alpha value is -3.89. The van der Waals surface area contributed by atoms with Crippen LogP contribution in [-0.2, 0) is 17.1 Å². The molecule has 0 atom stereocenters. The number of nitrogens with one attached hydrogen (secondary N) is 1. The second-order valence-corrected chi connectivity index (χ2v) is 7.71. The van der Waals surface area contributed by atoms with Crippen molar-refractivity contribution in [3.63, 3.8) is 0 Å². The first-order chi connectivity index (χ1) is 16.0. The Kier molecular flexibility index (Phi) is 6.03. The van der Waals surface area contributed by atoms with Crippen molar-refractivity contribution in [1.29, 1.82) is 0 Å². The van der Waals surface area contributed by atoms with Crippen molar-refractivity contribution >= 4 is 11.6 Å². The molecular formula is C23H18F5N5O. The monoisotopic (exact) mass is 475 g/mol. The summed E-state index contributed by atoms with van der Waals surface area (Å²) in [6.45, 7) is -0.624. The van der Waals surface area contributed by atoms with Crippen LogP contribution in [0.1, 0.15) is 18.2 Å². The van der Waals surface area contributed by atoms with E-state index in [1.165, 1.54) is 6.20 Å². The fourth-order valence-electron chi connectivity index (χ4n) is 3.36. The maximum atomic E-state index is 13.6. The van der Waals surface area contributed by atoms with Crippen LogP contribution in [0, 0.1) is 0 Å². The Morgan fingerprint density at radius 3 is 2.56 bits per heavy atom. The van der Waals surface area contributed by atoms with Gasteiger partial charge in [-0.25, -0.2) is 15.0 Å². The minimum atomic E-state index is -4.48. The average molecular weight is 475 g/mol. The number of nitrogens with zero attached hydrogens (tertiary/aromatic N) is 4. The van der Waals surface area contributed by atoms with E-state index in [1.54, 1.807) is 53.2 Å². The van der Waals surface area contributed by atoms with Gasteiger partial charge in [0.05, 0.1) is 18.3 Å². The van der Waals surface area contributed by atoms with Crippen molar-refractivity contribution in [3.8, 4) is 22.6 Å². The number of halogens is 5. The maximum absolute atomic E-state index is 13.6. The molecular weight excluding hydrogens is 457 g/mol. The number of pyridine rings is 1. The van der Waals surface area contributed by atoms with E-state index in [9.17, 15) is 26.7 Å². The van der Waals surface area contributed by atoms with Crippen molar-refractivity contribution in [3.05, 3.63) is 72.3 Å². The quantitative estimate of drug-likeness (QED) is 0.407. The molecule has 0 aliphatic rings. The van der Waals surface area contributed by atoms with E-state index < -0.39 is 30.2 Å². The van der Waals surface area contributed by atoms with Crippen LogP contribution in [0.25, 0.3) is 28.3 Å². The molecule has 0 saturated heterocycles. The summed E-state index contributed by atoms with van der Waals surface area (Å²) < 4.78 is 65.9. The number of benzene rings is 1. The van der Waals surface area contributed by atoms with Crippen LogP contribution < -0.4 is 5.32 Å². The molecule has 176 valence electrons. The fraction of sp³-hybridized carbons (Fsp3) is 0.217. The van der Waals surface area contributed by atoms with Crippen molar-refractivity contribution in [2.45, 2.75) is 25.4 Å². The molecule has 0 aliphatic carbocycles. The largest absolute Gasteiger partial charge is 0.405 e. The Morgan fingerprint density at radius 2 is 1.82 bits per heavy atom. The number of amides is 1. The first kappa shape index (κ1) is 23.3. The topological polar surface area (TPSA) is 72.2 Å². The second kappa shape index (κ2) is 8.81. The van der Waals surface area contributed by atoms with Crippen molar-refractivity contribution < 1.29 is 26.7 Å². The molecule has 0 spiro atoms. The molecule has 11 heteroatoms. The number of hydrogen-bond donors (Lipinski definition) is 1. The van der Waals surface area contributed by atoms with Crippen LogP contribution in [0.5, 0.6) is 0 Å². The average Bonchev–Trinajstić information content (AvgIpc) is 3.20. The van der Waals surface area contributed by atoms with Crippen molar-refractivity contribution in [2.24, 2.45) is 0 Å². The van der Waals surface area contributed by atoms with E-state index in [4.69, 9.17) is 0 Å². The Labute approximate surface area is 190 Å². The third kappa shape index (κ3) is 5.36. The normalized spacial score (nSPS) is 12.2. The number of imidazole rings is 1. The minimum Gasteiger partial charge on any atom is -0.347 e. The zero-order valence-corrected chi connectivity index (χ0v) is 17.8. The Bertz CT molecular complexity index is 1340. The van der Waals surface area contributed by atoms with Gasteiger partial charge < -0.3 is 5.32 Å². The number of aromatic nitrogens is 4. The van der Waals surface area contributed by atoms with Gasteiger partial charge in [-0.3, -0.25) is 9.20 Å². The number of carbonyl (C=O) groups is 1. The Balaban J connectivity index is 1.59. The summed E-state index contributed by atoms with van der Waals surface area (Å²) in [6, 6.07) is 11.3. The molecule has 4 rings (SSSR count). The van der Waals surface area contributed by atoms with E-state index in [0.29, 0.717) is 28.0 Å². The third-order valence-electron chi connectivity index (χ3n) is 4.95. The van der Waals surface area contributed by atoms with Crippen molar-refractivity contribution in [1.82, 2.24) is 24.7 Å². The number of carbonyl (C=O) groups excluding carboxylic acids is 1. The Morgan fingerprint density at radius 1 is 1.03 bits per heavy atom. The molecule has 0 saturated carbocycles. The molecule has 6 nitrogen and oxygen atoms in total. The van der Waals surface area contributed by atoms with E-state index >= 15 is 0 Å². The third-order valence-corrected chi connectivity index (χ3v) is 4.95. The van der Waals surface area contributed by atoms with Gasteiger partial charge >= 0.3 is 6.18 Å². The lowest BCUT2D eigenvalue weighted by molar-refractivity contribution is -0.138. The van der Waals surface area contributed by atoms with E-state index in [1.807, 2.05) is 5.32 Å². The number of fused-ring (bicyclic) bond motifs is 1. The molecule has 4 aromatic rings. The first-order valence-electron chi connectivity index (χ1n) is 10.1. The molecule has 3 heterocycles. The highest BCUT2D eigenvalue weighted by atomic mass is 19.4. The lowest BCUT2D eigenvalue weighted by atomic mass is 10.1. The summed E-state index contributed by atoms with van der Waals surface area (Å²) in [5.74, 6) is -3.70. The lowest BCUT2D eigenvalue weighted by Crippen LogP contribution is -2.34. The summed E-state index contributed by atoms with van der Waals surface area (Å²) in [5.41, 5.74) is 2.54. The lowest BCUT2D eigenvalue weighted by Gasteiger charge is -2.10. The summed E-state index contributed by atoms with van der Waals surface area (Å²) in [7, 11) is 0. The van der Waals surface area contributed by atoms with Gasteiger partial charge in [-0.15, -0.1) is 0 Å². The molecule has 1 amide bonds. The van der Waals surface area contributed by atoms with E-state index in [0.717, 1.165) is 13.0 Å². The van der Waals surface area contributed by atoms with Gasteiger partial charge in [-0.05, 0) is 29.8 Å². The van der Waals surface area contributed by atoms with Gasteiger partial charge in [0.2, 0.25) is 5.91 Å². The predicted molar refractivity (Wildman–Crippen MR) is 114 cm³/mol. The molecule has 3 aromatic heterocycles. The molecule has 1 aromatic carbocycles. The van der Waals surface area contributed by atoms with Crippen LogP contribution in [0.3, 0.4) is 0 Å².